The van der Waals surface area contributed by atoms with Crippen molar-refractivity contribution in [2.45, 2.75) is 32.4 Å². The molecule has 1 N–H and O–H groups in total. The molecule has 1 aliphatic heterocycles. The van der Waals surface area contributed by atoms with E-state index in [1.165, 1.54) is 12.1 Å². The number of H-pyrrole nitrogens is 1. The first kappa shape index (κ1) is 19.6. The standard InChI is InChI=1S/C23H23FN6O/c1-15-4-7-17-13-19(23(31)25-20(17)12-15)21(29-10-2-3-11-29)22-26-27-28-30(22)14-16-5-8-18(24)9-6-16/h4-9,12-13,21H,2-3,10-11,14H2,1H3,(H,25,31)/t21-/m0/s1. The summed E-state index contributed by atoms with van der Waals surface area (Å²) in [6.07, 6.45) is 2.14. The van der Waals surface area contributed by atoms with Crippen molar-refractivity contribution in [2.24, 2.45) is 0 Å². The molecule has 0 saturated carbocycles. The zero-order chi connectivity index (χ0) is 21.4. The summed E-state index contributed by atoms with van der Waals surface area (Å²) in [6, 6.07) is 13.9. The van der Waals surface area contributed by atoms with Gasteiger partial charge >= 0.3 is 0 Å². The van der Waals surface area contributed by atoms with Crippen LogP contribution in [-0.4, -0.2) is 43.2 Å². The number of benzene rings is 2. The Morgan fingerprint density at radius 3 is 2.65 bits per heavy atom. The second kappa shape index (κ2) is 8.03. The van der Waals surface area contributed by atoms with Crippen molar-refractivity contribution in [1.29, 1.82) is 0 Å². The third-order valence-corrected chi connectivity index (χ3v) is 5.88. The van der Waals surface area contributed by atoms with Crippen molar-refractivity contribution in [1.82, 2.24) is 30.1 Å². The van der Waals surface area contributed by atoms with Gasteiger partial charge < -0.3 is 4.98 Å². The Hall–Kier alpha value is -3.39. The topological polar surface area (TPSA) is 79.7 Å². The van der Waals surface area contributed by atoms with Crippen LogP contribution in [0.5, 0.6) is 0 Å². The first-order chi connectivity index (χ1) is 15.1. The van der Waals surface area contributed by atoms with E-state index in [2.05, 4.69) is 25.4 Å². The molecule has 0 aliphatic carbocycles. The number of nitrogens with zero attached hydrogens (tertiary/aromatic N) is 5. The highest BCUT2D eigenvalue weighted by molar-refractivity contribution is 5.79. The van der Waals surface area contributed by atoms with Gasteiger partial charge in [0.1, 0.15) is 11.9 Å². The molecular formula is C23H23FN6O. The van der Waals surface area contributed by atoms with Gasteiger partial charge in [0.15, 0.2) is 5.82 Å². The smallest absolute Gasteiger partial charge is 0.253 e. The van der Waals surface area contributed by atoms with E-state index in [9.17, 15) is 9.18 Å². The summed E-state index contributed by atoms with van der Waals surface area (Å²) in [5, 5.41) is 13.4. The maximum absolute atomic E-state index is 13.3. The molecule has 0 spiro atoms. The van der Waals surface area contributed by atoms with Crippen molar-refractivity contribution < 1.29 is 4.39 Å². The van der Waals surface area contributed by atoms with Gasteiger partial charge in [0.25, 0.3) is 5.56 Å². The lowest BCUT2D eigenvalue weighted by Gasteiger charge is -2.26. The fourth-order valence-corrected chi connectivity index (χ4v) is 4.32. The number of tetrazole rings is 1. The highest BCUT2D eigenvalue weighted by atomic mass is 19.1. The van der Waals surface area contributed by atoms with E-state index < -0.39 is 0 Å². The van der Waals surface area contributed by atoms with E-state index >= 15 is 0 Å². The van der Waals surface area contributed by atoms with Crippen LogP contribution in [0.2, 0.25) is 0 Å². The second-order valence-electron chi connectivity index (χ2n) is 8.11. The van der Waals surface area contributed by atoms with Crippen LogP contribution in [-0.2, 0) is 6.54 Å². The molecule has 0 amide bonds. The SMILES string of the molecule is Cc1ccc2cc([C@@H](c3nnnn3Cc3ccc(F)cc3)N3CCCC3)c(=O)[nH]c2c1. The molecule has 7 nitrogen and oxygen atoms in total. The first-order valence-corrected chi connectivity index (χ1v) is 10.5. The van der Waals surface area contributed by atoms with Gasteiger partial charge in [-0.25, -0.2) is 9.07 Å². The lowest BCUT2D eigenvalue weighted by Crippen LogP contribution is -2.33. The van der Waals surface area contributed by atoms with Crippen molar-refractivity contribution in [2.75, 3.05) is 13.1 Å². The fourth-order valence-electron chi connectivity index (χ4n) is 4.32. The quantitative estimate of drug-likeness (QED) is 0.538. The van der Waals surface area contributed by atoms with Crippen LogP contribution in [0.15, 0.2) is 53.3 Å². The van der Waals surface area contributed by atoms with E-state index in [1.54, 1.807) is 16.8 Å². The summed E-state index contributed by atoms with van der Waals surface area (Å²) < 4.78 is 15.0. The van der Waals surface area contributed by atoms with Crippen LogP contribution >= 0.6 is 0 Å². The normalized spacial score (nSPS) is 15.5. The van der Waals surface area contributed by atoms with E-state index in [0.717, 1.165) is 48.0 Å². The number of rotatable bonds is 5. The van der Waals surface area contributed by atoms with Crippen molar-refractivity contribution in [3.8, 4) is 0 Å². The third-order valence-electron chi connectivity index (χ3n) is 5.88. The molecule has 1 aliphatic rings. The van der Waals surface area contributed by atoms with E-state index in [1.807, 2.05) is 31.2 Å². The summed E-state index contributed by atoms with van der Waals surface area (Å²) in [7, 11) is 0. The molecular weight excluding hydrogens is 395 g/mol. The van der Waals surface area contributed by atoms with Crippen molar-refractivity contribution >= 4 is 10.9 Å². The third kappa shape index (κ3) is 3.86. The van der Waals surface area contributed by atoms with Crippen LogP contribution in [0.3, 0.4) is 0 Å². The molecule has 1 fully saturated rings. The molecule has 2 aromatic heterocycles. The molecule has 2 aromatic carbocycles. The molecule has 0 bridgehead atoms. The maximum Gasteiger partial charge on any atom is 0.253 e. The Morgan fingerprint density at radius 2 is 1.87 bits per heavy atom. The fraction of sp³-hybridized carbons (Fsp3) is 0.304. The number of nitrogens with one attached hydrogen (secondary N) is 1. The average Bonchev–Trinajstić information content (AvgIpc) is 3.44. The van der Waals surface area contributed by atoms with Crippen LogP contribution in [0.1, 0.15) is 41.4 Å². The predicted molar refractivity (Wildman–Crippen MR) is 115 cm³/mol. The first-order valence-electron chi connectivity index (χ1n) is 10.5. The lowest BCUT2D eigenvalue weighted by molar-refractivity contribution is 0.263. The molecule has 158 valence electrons. The van der Waals surface area contributed by atoms with Gasteiger partial charge in [-0.05, 0) is 84.1 Å². The lowest BCUT2D eigenvalue weighted by atomic mass is 10.0. The van der Waals surface area contributed by atoms with Crippen LogP contribution in [0.25, 0.3) is 10.9 Å². The van der Waals surface area contributed by atoms with Gasteiger partial charge in [-0.15, -0.1) is 5.10 Å². The van der Waals surface area contributed by atoms with Crippen molar-refractivity contribution in [3.05, 3.63) is 87.2 Å². The number of aryl methyl sites for hydroxylation is 1. The van der Waals surface area contributed by atoms with Gasteiger partial charge in [0.05, 0.1) is 6.54 Å². The van der Waals surface area contributed by atoms with Gasteiger partial charge in [0, 0.05) is 11.1 Å². The van der Waals surface area contributed by atoms with Gasteiger partial charge in [-0.1, -0.05) is 24.3 Å². The molecule has 1 saturated heterocycles. The van der Waals surface area contributed by atoms with E-state index in [0.29, 0.717) is 17.9 Å². The summed E-state index contributed by atoms with van der Waals surface area (Å²) in [6.45, 7) is 4.15. The highest BCUT2D eigenvalue weighted by Crippen LogP contribution is 2.30. The average molecular weight is 418 g/mol. The Labute approximate surface area is 178 Å². The number of aromatic nitrogens is 5. The van der Waals surface area contributed by atoms with E-state index in [-0.39, 0.29) is 17.4 Å². The molecule has 8 heteroatoms. The number of hydrogen-bond donors (Lipinski definition) is 1. The maximum atomic E-state index is 13.3. The van der Waals surface area contributed by atoms with Crippen molar-refractivity contribution in [3.63, 3.8) is 0 Å². The number of likely N-dealkylation sites (tertiary alicyclic amines) is 1. The minimum absolute atomic E-state index is 0.133. The molecule has 4 aromatic rings. The van der Waals surface area contributed by atoms with Gasteiger partial charge in [-0.2, -0.15) is 0 Å². The van der Waals surface area contributed by atoms with Crippen LogP contribution in [0.4, 0.5) is 4.39 Å². The minimum Gasteiger partial charge on any atom is -0.322 e. The molecule has 0 radical (unpaired) electrons. The van der Waals surface area contributed by atoms with Gasteiger partial charge in [-0.3, -0.25) is 9.69 Å². The number of hydrogen-bond acceptors (Lipinski definition) is 5. The second-order valence-corrected chi connectivity index (χ2v) is 8.11. The molecule has 3 heterocycles. The summed E-state index contributed by atoms with van der Waals surface area (Å²) in [5.74, 6) is 0.330. The van der Waals surface area contributed by atoms with E-state index in [4.69, 9.17) is 0 Å². The molecule has 0 unspecified atom stereocenters. The monoisotopic (exact) mass is 418 g/mol. The number of fused-ring (bicyclic) bond motifs is 1. The number of aromatic amines is 1. The minimum atomic E-state index is -0.354. The molecule has 31 heavy (non-hydrogen) atoms. The molecule has 5 rings (SSSR count). The highest BCUT2D eigenvalue weighted by Gasteiger charge is 2.32. The Bertz CT molecular complexity index is 1270. The molecule has 1 atom stereocenters. The Morgan fingerprint density at radius 1 is 1.10 bits per heavy atom. The van der Waals surface area contributed by atoms with Crippen LogP contribution in [0, 0.1) is 12.7 Å². The predicted octanol–water partition coefficient (Wildman–Crippen LogP) is 3.20. The zero-order valence-corrected chi connectivity index (χ0v) is 17.3. The Kier molecular flexibility index (Phi) is 5.07. The number of pyridine rings is 1. The summed E-state index contributed by atoms with van der Waals surface area (Å²) in [4.78, 5) is 18.4. The summed E-state index contributed by atoms with van der Waals surface area (Å²) in [5.41, 5.74) is 3.30. The van der Waals surface area contributed by atoms with Crippen LogP contribution < -0.4 is 5.56 Å². The summed E-state index contributed by atoms with van der Waals surface area (Å²) >= 11 is 0. The largest absolute Gasteiger partial charge is 0.322 e. The zero-order valence-electron chi connectivity index (χ0n) is 17.3. The Balaban J connectivity index is 1.60. The van der Waals surface area contributed by atoms with Gasteiger partial charge in [0.2, 0.25) is 0 Å². The number of halogens is 1.